The van der Waals surface area contributed by atoms with Gasteiger partial charge in [0.2, 0.25) is 17.8 Å². The van der Waals surface area contributed by atoms with Crippen LogP contribution in [0.25, 0.3) is 45.6 Å². The molecule has 726 valence electrons. The van der Waals surface area contributed by atoms with Gasteiger partial charge in [-0.05, 0) is 193 Å². The molecule has 37 heteroatoms. The van der Waals surface area contributed by atoms with Crippen LogP contribution in [0, 0.1) is 0 Å². The van der Waals surface area contributed by atoms with Crippen molar-refractivity contribution < 1.29 is 42.9 Å². The number of benzene rings is 5. The predicted molar refractivity (Wildman–Crippen MR) is 534 cm³/mol. The standard InChI is InChI=1S/C27H37N7O3.C26H30N6O2.C25H29N7O2.C24H28N8O2/c1-3-28-27(36)29-21-7-5-20(6-8-21)25-30-24-18-34(22-9-12-32(13-10-22)19(2)35)17-23(24)26(31-25)33-11-4-15-37-16-14-33;1-2-27-26(33)28-21-10-8-20(9-11-21)24-29-23-18-31(16-19-6-4-3-5-7-19)17-22(23)25(30-24)32-12-14-34-15-13-32;1-2-26-25(33)29-19-6-4-18(5-7-19)23-30-21-16-32(24-27-11-3-12-28-24)13-8-20(21)22(31-23)17-9-14-34-15-10-17;1-2-25-24(33)28-18-7-5-17(6-8-18)21-29-20-16-32(23-26-9-3-10-27-23)15-19(20)22(30-21)31-11-4-13-34-14-12-31/h5-8,22H,3-4,9-18H2,1-2H3,(H2,28,29,36);3-11H,2,12-18H2,1H3,(H2,27,28,33);3-7,11-12,17H,2,8-10,13-16H2,1H3,(H2,26,29,33);3,5-10H,2,4,11-16H2,1H3,(H2,25,28,33). The van der Waals surface area contributed by atoms with E-state index in [0.29, 0.717) is 119 Å². The smallest absolute Gasteiger partial charge is 0.319 e. The number of morpholine rings is 1. The maximum absolute atomic E-state index is 11.9. The Morgan fingerprint density at radius 3 is 1.17 bits per heavy atom. The van der Waals surface area contributed by atoms with Crippen LogP contribution >= 0.6 is 0 Å². The SMILES string of the molecule is CCNC(=O)Nc1ccc(-c2nc3c(c(C4CCOCC4)n2)CCN(c2ncccn2)C3)cc1.CCNC(=O)Nc1ccc(-c2nc3c(c(N4CCCOCC4)n2)CN(C2CCN(C(C)=O)CC2)C3)cc1.CCNC(=O)Nc1ccc(-c2nc3c(c(N4CCCOCC4)n2)CN(c2ncccn2)C3)cc1.CCNC(=O)Nc1ccc(-c2nc3c(c(N4CCOCC4)n2)CN(Cc2ccccc2)C3)cc1. The van der Waals surface area contributed by atoms with E-state index in [1.165, 1.54) is 22.3 Å². The number of ether oxygens (including phenoxy) is 4. The van der Waals surface area contributed by atoms with Crippen molar-refractivity contribution in [3.8, 4) is 45.6 Å². The Labute approximate surface area is 810 Å². The van der Waals surface area contributed by atoms with Gasteiger partial charge in [-0.25, -0.2) is 79.0 Å². The number of carbonyl (C=O) groups is 5. The Morgan fingerprint density at radius 2 is 0.727 bits per heavy atom. The van der Waals surface area contributed by atoms with Crippen molar-refractivity contribution in [1.82, 2.24) is 95.8 Å². The zero-order valence-electron chi connectivity index (χ0n) is 79.8. The number of hydrogen-bond acceptors (Lipinski definition) is 28. The molecule has 9 aliphatic rings. The first-order valence-electron chi connectivity index (χ1n) is 48.7. The van der Waals surface area contributed by atoms with Crippen LogP contribution in [0.2, 0.25) is 0 Å². The molecule has 37 nitrogen and oxygen atoms in total. The summed E-state index contributed by atoms with van der Waals surface area (Å²) >= 11 is 0. The molecule has 0 bridgehead atoms. The lowest BCUT2D eigenvalue weighted by Crippen LogP contribution is -2.44. The molecule has 5 saturated heterocycles. The molecule has 0 atom stereocenters. The van der Waals surface area contributed by atoms with E-state index in [0.717, 1.165) is 260 Å². The monoisotopic (exact) mass is 1890 g/mol. The largest absolute Gasteiger partial charge is 0.381 e. The van der Waals surface area contributed by atoms with Gasteiger partial charge in [-0.1, -0.05) is 30.3 Å². The van der Waals surface area contributed by atoms with Crippen LogP contribution in [0.4, 0.5) is 71.3 Å². The highest BCUT2D eigenvalue weighted by atomic mass is 16.5. The molecular formula is C102H124N28O9. The van der Waals surface area contributed by atoms with Crippen molar-refractivity contribution in [2.45, 2.75) is 144 Å². The highest BCUT2D eigenvalue weighted by Crippen LogP contribution is 2.41. The van der Waals surface area contributed by atoms with Crippen LogP contribution in [-0.4, -0.2) is 249 Å². The zero-order valence-corrected chi connectivity index (χ0v) is 79.8. The Kier molecular flexibility index (Phi) is 32.9. The molecular weight excluding hydrogens is 1760 g/mol. The van der Waals surface area contributed by atoms with Gasteiger partial charge in [0.15, 0.2) is 23.3 Å². The topological polar surface area (TPSA) is 399 Å². The van der Waals surface area contributed by atoms with Gasteiger partial charge in [0.05, 0.1) is 74.5 Å². The Hall–Kier alpha value is -14.1. The minimum Gasteiger partial charge on any atom is -0.381 e. The summed E-state index contributed by atoms with van der Waals surface area (Å²) in [5.74, 6) is 7.73. The van der Waals surface area contributed by atoms with Crippen LogP contribution in [0.1, 0.15) is 135 Å². The quantitative estimate of drug-likeness (QED) is 0.0331. The number of rotatable bonds is 21. The first kappa shape index (κ1) is 96.6. The third-order valence-electron chi connectivity index (χ3n) is 25.7. The average Bonchev–Trinajstić information content (AvgIpc) is 1.74. The second-order valence-corrected chi connectivity index (χ2v) is 35.3. The van der Waals surface area contributed by atoms with Crippen molar-refractivity contribution in [2.24, 2.45) is 0 Å². The summed E-state index contributed by atoms with van der Waals surface area (Å²) in [7, 11) is 0. The van der Waals surface area contributed by atoms with Crippen LogP contribution in [0.5, 0.6) is 0 Å². The highest BCUT2D eigenvalue weighted by Gasteiger charge is 2.37. The van der Waals surface area contributed by atoms with E-state index in [4.69, 9.17) is 58.8 Å². The van der Waals surface area contributed by atoms with Crippen LogP contribution < -0.4 is 67.0 Å². The lowest BCUT2D eigenvalue weighted by molar-refractivity contribution is -0.130. The van der Waals surface area contributed by atoms with Gasteiger partial charge < -0.3 is 90.9 Å². The molecule has 0 saturated carbocycles. The molecule has 139 heavy (non-hydrogen) atoms. The summed E-state index contributed by atoms with van der Waals surface area (Å²) in [5, 5.41) is 22.3. The molecule has 9 amide bonds. The maximum atomic E-state index is 11.9. The van der Waals surface area contributed by atoms with E-state index in [2.05, 4.69) is 121 Å². The number of nitrogens with one attached hydrogen (secondary N) is 8. The van der Waals surface area contributed by atoms with E-state index in [9.17, 15) is 24.0 Å². The lowest BCUT2D eigenvalue weighted by Gasteiger charge is -2.36. The summed E-state index contributed by atoms with van der Waals surface area (Å²) in [4.78, 5) is 135. The normalized spacial score (nSPS) is 16.6. The molecule has 0 unspecified atom stereocenters. The molecule has 5 fully saturated rings. The number of carbonyl (C=O) groups excluding carboxylic acids is 5. The molecule has 8 N–H and O–H groups in total. The number of amides is 9. The van der Waals surface area contributed by atoms with E-state index in [1.54, 1.807) is 31.7 Å². The van der Waals surface area contributed by atoms with Gasteiger partial charge in [-0.3, -0.25) is 14.6 Å². The first-order chi connectivity index (χ1) is 68.1. The molecule has 20 rings (SSSR count). The fraction of sp³-hybridized carbons (Fsp3) is 0.422. The number of piperidine rings is 1. The fourth-order valence-electron chi connectivity index (χ4n) is 18.7. The molecule has 0 aliphatic carbocycles. The highest BCUT2D eigenvalue weighted by molar-refractivity contribution is 5.92. The molecule has 11 aromatic rings. The van der Waals surface area contributed by atoms with Crippen molar-refractivity contribution >= 4 is 82.1 Å². The second-order valence-electron chi connectivity index (χ2n) is 35.3. The molecule has 9 aliphatic heterocycles. The van der Waals surface area contributed by atoms with Crippen LogP contribution in [0.15, 0.2) is 164 Å². The Bertz CT molecular complexity index is 5950. The van der Waals surface area contributed by atoms with Gasteiger partial charge in [0, 0.05) is 250 Å². The number of aromatic nitrogens is 12. The van der Waals surface area contributed by atoms with Gasteiger partial charge in [0.1, 0.15) is 17.5 Å². The third kappa shape index (κ3) is 25.1. The summed E-state index contributed by atoms with van der Waals surface area (Å²) in [6.07, 6.45) is 13.8. The number of likely N-dealkylation sites (tertiary alicyclic amines) is 1. The van der Waals surface area contributed by atoms with E-state index < -0.39 is 0 Å². The first-order valence-corrected chi connectivity index (χ1v) is 48.7. The van der Waals surface area contributed by atoms with E-state index in [1.807, 2.05) is 148 Å². The van der Waals surface area contributed by atoms with Crippen LogP contribution in [-0.2, 0) is 82.5 Å². The Morgan fingerprint density at radius 1 is 0.345 bits per heavy atom. The van der Waals surface area contributed by atoms with Gasteiger partial charge in [0.25, 0.3) is 0 Å². The molecule has 6 aromatic heterocycles. The summed E-state index contributed by atoms with van der Waals surface area (Å²) in [5.41, 5.74) is 18.0. The lowest BCUT2D eigenvalue weighted by atomic mass is 9.89. The van der Waals surface area contributed by atoms with Crippen molar-refractivity contribution in [3.05, 3.63) is 221 Å². The summed E-state index contributed by atoms with van der Waals surface area (Å²) in [6, 6.07) is 44.4. The van der Waals surface area contributed by atoms with E-state index >= 15 is 0 Å². The minimum absolute atomic E-state index is 0.163. The second kappa shape index (κ2) is 47.3. The van der Waals surface area contributed by atoms with Gasteiger partial charge in [-0.15, -0.1) is 0 Å². The number of fused-ring (bicyclic) bond motifs is 4. The fourth-order valence-corrected chi connectivity index (χ4v) is 18.7. The van der Waals surface area contributed by atoms with E-state index in [-0.39, 0.29) is 30.0 Å². The van der Waals surface area contributed by atoms with Gasteiger partial charge in [-0.2, -0.15) is 0 Å². The summed E-state index contributed by atoms with van der Waals surface area (Å²) < 4.78 is 22.6. The molecule has 15 heterocycles. The third-order valence-corrected chi connectivity index (χ3v) is 25.7. The average molecular weight is 1890 g/mol. The van der Waals surface area contributed by atoms with Crippen molar-refractivity contribution in [2.75, 3.05) is 184 Å². The van der Waals surface area contributed by atoms with Crippen molar-refractivity contribution in [3.63, 3.8) is 0 Å². The number of urea groups is 4. The number of nitrogens with zero attached hydrogens (tertiary/aromatic N) is 20. The Balaban J connectivity index is 0.000000128. The van der Waals surface area contributed by atoms with Crippen LogP contribution in [0.3, 0.4) is 0 Å². The minimum atomic E-state index is -0.224. The van der Waals surface area contributed by atoms with Crippen molar-refractivity contribution in [1.29, 1.82) is 0 Å². The number of anilines is 9. The molecule has 5 aromatic carbocycles. The zero-order chi connectivity index (χ0) is 95.8. The predicted octanol–water partition coefficient (Wildman–Crippen LogP) is 12.8. The van der Waals surface area contributed by atoms with Gasteiger partial charge >= 0.3 is 24.1 Å². The molecule has 0 radical (unpaired) electrons. The molecule has 0 spiro atoms. The number of hydrogen-bond donors (Lipinski definition) is 8. The maximum Gasteiger partial charge on any atom is 0.319 e. The summed E-state index contributed by atoms with van der Waals surface area (Å²) in [6.45, 7) is 31.0.